The highest BCUT2D eigenvalue weighted by molar-refractivity contribution is 7.17. The molecule has 0 aromatic carbocycles. The first-order valence-corrected chi connectivity index (χ1v) is 8.29. The molecule has 0 atom stereocenters. The molecular weight excluding hydrogens is 320 g/mol. The van der Waals surface area contributed by atoms with Crippen LogP contribution in [-0.2, 0) is 9.59 Å². The maximum Gasteiger partial charge on any atom is 0.325 e. The van der Waals surface area contributed by atoms with Crippen molar-refractivity contribution in [1.82, 2.24) is 15.2 Å². The van der Waals surface area contributed by atoms with Crippen molar-refractivity contribution >= 4 is 34.3 Å². The average Bonchev–Trinajstić information content (AvgIpc) is 2.99. The van der Waals surface area contributed by atoms with Gasteiger partial charge in [-0.1, -0.05) is 30.6 Å². The number of thiazole rings is 1. The summed E-state index contributed by atoms with van der Waals surface area (Å²) in [6, 6.07) is -0.480. The van der Waals surface area contributed by atoms with E-state index in [2.05, 4.69) is 15.6 Å². The van der Waals surface area contributed by atoms with Crippen LogP contribution in [0, 0.1) is 0 Å². The molecule has 4 amide bonds. The van der Waals surface area contributed by atoms with E-state index in [-0.39, 0.29) is 12.5 Å². The molecule has 3 rings (SSSR count). The molecule has 1 saturated carbocycles. The highest BCUT2D eigenvalue weighted by Crippen LogP contribution is 2.36. The van der Waals surface area contributed by atoms with Crippen molar-refractivity contribution in [3.8, 4) is 5.06 Å². The Morgan fingerprint density at radius 2 is 2.13 bits per heavy atom. The fourth-order valence-corrected chi connectivity index (χ4v) is 3.79. The van der Waals surface area contributed by atoms with Crippen molar-refractivity contribution in [2.24, 2.45) is 0 Å². The standard InChI is InChI=1S/C14H18N4O4S/c1-22-10-7-15-12(23-10)17-13(21)18-8-9(19)16-11(20)14(18)5-3-2-4-6-14/h7H,2-6,8H2,1H3,(H,15,17,21)(H,16,19,20). The van der Waals surface area contributed by atoms with E-state index in [1.807, 2.05) is 0 Å². The molecule has 1 aromatic rings. The van der Waals surface area contributed by atoms with Crippen LogP contribution >= 0.6 is 11.3 Å². The molecule has 1 aliphatic carbocycles. The number of piperazine rings is 1. The van der Waals surface area contributed by atoms with Gasteiger partial charge in [-0.05, 0) is 12.8 Å². The van der Waals surface area contributed by atoms with Crippen LogP contribution in [0.25, 0.3) is 0 Å². The third kappa shape index (κ3) is 2.88. The number of carbonyl (C=O) groups excluding carboxylic acids is 3. The number of carbonyl (C=O) groups is 3. The molecule has 1 aromatic heterocycles. The summed E-state index contributed by atoms with van der Waals surface area (Å²) in [5, 5.41) is 5.97. The van der Waals surface area contributed by atoms with Crippen LogP contribution in [0.5, 0.6) is 5.06 Å². The Labute approximate surface area is 137 Å². The predicted octanol–water partition coefficient (Wildman–Crippen LogP) is 1.34. The zero-order valence-corrected chi connectivity index (χ0v) is 13.6. The molecule has 0 unspecified atom stereocenters. The maximum absolute atomic E-state index is 12.6. The second-order valence-electron chi connectivity index (χ2n) is 5.67. The van der Waals surface area contributed by atoms with E-state index in [4.69, 9.17) is 4.74 Å². The number of methoxy groups -OCH3 is 1. The molecular formula is C14H18N4O4S. The number of ether oxygens (including phenoxy) is 1. The fraction of sp³-hybridized carbons (Fsp3) is 0.571. The molecule has 2 fully saturated rings. The Hall–Kier alpha value is -2.16. The molecule has 2 N–H and O–H groups in total. The molecule has 1 aliphatic heterocycles. The number of anilines is 1. The van der Waals surface area contributed by atoms with Gasteiger partial charge in [0.25, 0.3) is 5.91 Å². The highest BCUT2D eigenvalue weighted by Gasteiger charge is 2.51. The van der Waals surface area contributed by atoms with Crippen LogP contribution in [0.4, 0.5) is 9.93 Å². The zero-order chi connectivity index (χ0) is 16.4. The molecule has 1 saturated heterocycles. The van der Waals surface area contributed by atoms with Crippen LogP contribution in [-0.4, -0.2) is 46.9 Å². The number of urea groups is 1. The number of nitrogens with one attached hydrogen (secondary N) is 2. The zero-order valence-electron chi connectivity index (χ0n) is 12.8. The van der Waals surface area contributed by atoms with Gasteiger partial charge in [-0.15, -0.1) is 0 Å². The SMILES string of the molecule is COc1cnc(NC(=O)N2CC(=O)NC(=O)C23CCCCC3)s1. The number of rotatable bonds is 2. The summed E-state index contributed by atoms with van der Waals surface area (Å²) in [5.74, 6) is -0.835. The van der Waals surface area contributed by atoms with Gasteiger partial charge in [-0.25, -0.2) is 9.78 Å². The highest BCUT2D eigenvalue weighted by atomic mass is 32.1. The number of aromatic nitrogens is 1. The monoisotopic (exact) mass is 338 g/mol. The van der Waals surface area contributed by atoms with E-state index in [0.717, 1.165) is 19.3 Å². The number of nitrogens with zero attached hydrogens (tertiary/aromatic N) is 2. The molecule has 2 aliphatic rings. The lowest BCUT2D eigenvalue weighted by Crippen LogP contribution is -2.69. The van der Waals surface area contributed by atoms with Crippen LogP contribution in [0.3, 0.4) is 0 Å². The molecule has 2 heterocycles. The lowest BCUT2D eigenvalue weighted by molar-refractivity contribution is -0.146. The minimum absolute atomic E-state index is 0.125. The van der Waals surface area contributed by atoms with Gasteiger partial charge in [0.15, 0.2) is 10.2 Å². The number of amides is 4. The lowest BCUT2D eigenvalue weighted by Gasteiger charge is -2.46. The van der Waals surface area contributed by atoms with Gasteiger partial charge >= 0.3 is 6.03 Å². The first-order valence-electron chi connectivity index (χ1n) is 7.48. The maximum atomic E-state index is 12.6. The van der Waals surface area contributed by atoms with Gasteiger partial charge in [0.05, 0.1) is 13.3 Å². The Morgan fingerprint density at radius 3 is 2.78 bits per heavy atom. The van der Waals surface area contributed by atoms with Crippen LogP contribution in [0.2, 0.25) is 0 Å². The minimum atomic E-state index is -0.933. The molecule has 8 nitrogen and oxygen atoms in total. The van der Waals surface area contributed by atoms with E-state index in [0.29, 0.717) is 23.0 Å². The first kappa shape index (κ1) is 15.7. The number of hydrogen-bond acceptors (Lipinski definition) is 6. The summed E-state index contributed by atoms with van der Waals surface area (Å²) in [4.78, 5) is 42.2. The molecule has 9 heteroatoms. The van der Waals surface area contributed by atoms with Gasteiger partial charge in [-0.2, -0.15) is 0 Å². The summed E-state index contributed by atoms with van der Waals surface area (Å²) in [7, 11) is 1.52. The predicted molar refractivity (Wildman–Crippen MR) is 83.4 cm³/mol. The van der Waals surface area contributed by atoms with E-state index < -0.39 is 17.5 Å². The summed E-state index contributed by atoms with van der Waals surface area (Å²) in [6.07, 6.45) is 5.39. The Bertz CT molecular complexity index is 638. The van der Waals surface area contributed by atoms with Crippen LogP contribution < -0.4 is 15.4 Å². The summed E-state index contributed by atoms with van der Waals surface area (Å²) >= 11 is 1.18. The molecule has 0 bridgehead atoms. The Kier molecular flexibility index (Phi) is 4.20. The quantitative estimate of drug-likeness (QED) is 0.793. The van der Waals surface area contributed by atoms with Crippen molar-refractivity contribution in [1.29, 1.82) is 0 Å². The van der Waals surface area contributed by atoms with Crippen molar-refractivity contribution in [2.75, 3.05) is 19.0 Å². The average molecular weight is 338 g/mol. The second kappa shape index (κ2) is 6.15. The van der Waals surface area contributed by atoms with Gasteiger partial charge in [0.2, 0.25) is 5.91 Å². The summed E-state index contributed by atoms with van der Waals surface area (Å²) < 4.78 is 5.04. The molecule has 0 radical (unpaired) electrons. The van der Waals surface area contributed by atoms with E-state index in [1.54, 1.807) is 0 Å². The third-order valence-corrected chi connectivity index (χ3v) is 5.19. The number of hydrogen-bond donors (Lipinski definition) is 2. The van der Waals surface area contributed by atoms with Gasteiger partial charge in [0, 0.05) is 0 Å². The normalized spacial score (nSPS) is 20.3. The van der Waals surface area contributed by atoms with Crippen LogP contribution in [0.1, 0.15) is 32.1 Å². The molecule has 1 spiro atoms. The molecule has 23 heavy (non-hydrogen) atoms. The van der Waals surface area contributed by atoms with Gasteiger partial charge < -0.3 is 9.64 Å². The topological polar surface area (TPSA) is 101 Å². The van der Waals surface area contributed by atoms with Crippen molar-refractivity contribution < 1.29 is 19.1 Å². The Balaban J connectivity index is 1.82. The fourth-order valence-electron chi connectivity index (χ4n) is 3.17. The largest absolute Gasteiger partial charge is 0.486 e. The Morgan fingerprint density at radius 1 is 1.39 bits per heavy atom. The smallest absolute Gasteiger partial charge is 0.325 e. The van der Waals surface area contributed by atoms with Crippen molar-refractivity contribution in [2.45, 2.75) is 37.6 Å². The van der Waals surface area contributed by atoms with E-state index in [1.165, 1.54) is 29.5 Å². The van der Waals surface area contributed by atoms with Crippen molar-refractivity contribution in [3.63, 3.8) is 0 Å². The lowest BCUT2D eigenvalue weighted by atomic mass is 9.78. The second-order valence-corrected chi connectivity index (χ2v) is 6.67. The van der Waals surface area contributed by atoms with Gasteiger partial charge in [0.1, 0.15) is 12.1 Å². The third-order valence-electron chi connectivity index (χ3n) is 4.32. The first-order chi connectivity index (χ1) is 11.0. The minimum Gasteiger partial charge on any atom is -0.486 e. The van der Waals surface area contributed by atoms with Gasteiger partial charge in [-0.3, -0.25) is 20.2 Å². The van der Waals surface area contributed by atoms with E-state index >= 15 is 0 Å². The van der Waals surface area contributed by atoms with Crippen molar-refractivity contribution in [3.05, 3.63) is 6.20 Å². The molecule has 124 valence electrons. The summed E-state index contributed by atoms with van der Waals surface area (Å²) in [5.41, 5.74) is -0.933. The van der Waals surface area contributed by atoms with Crippen LogP contribution in [0.15, 0.2) is 6.20 Å². The van der Waals surface area contributed by atoms with E-state index in [9.17, 15) is 14.4 Å². The number of imide groups is 1. The summed E-state index contributed by atoms with van der Waals surface area (Å²) in [6.45, 7) is -0.125.